The fourth-order valence-corrected chi connectivity index (χ4v) is 3.51. The van der Waals surface area contributed by atoms with Gasteiger partial charge in [0.1, 0.15) is 5.82 Å². The van der Waals surface area contributed by atoms with Crippen LogP contribution in [0.1, 0.15) is 28.2 Å². The number of thiophene rings is 1. The largest absolute Gasteiger partial charge is 0.345 e. The first-order valence-corrected chi connectivity index (χ1v) is 9.06. The van der Waals surface area contributed by atoms with Crippen molar-refractivity contribution in [3.63, 3.8) is 0 Å². The summed E-state index contributed by atoms with van der Waals surface area (Å²) in [4.78, 5) is 14.0. The third-order valence-electron chi connectivity index (χ3n) is 3.68. The Morgan fingerprint density at radius 1 is 1.04 bits per heavy atom. The molecule has 0 bridgehead atoms. The van der Waals surface area contributed by atoms with Crippen LogP contribution in [0.25, 0.3) is 10.4 Å². The molecule has 1 atom stereocenters. The van der Waals surface area contributed by atoms with Crippen molar-refractivity contribution in [2.45, 2.75) is 13.0 Å². The van der Waals surface area contributed by atoms with Gasteiger partial charge in [0.15, 0.2) is 0 Å². The fraction of sp³-hybridized carbons (Fsp3) is 0.105. The number of carbonyl (C=O) groups is 1. The van der Waals surface area contributed by atoms with E-state index in [9.17, 15) is 9.18 Å². The predicted octanol–water partition coefficient (Wildman–Crippen LogP) is 5.81. The number of hydrogen-bond acceptors (Lipinski definition) is 2. The van der Waals surface area contributed by atoms with Crippen LogP contribution in [-0.2, 0) is 0 Å². The van der Waals surface area contributed by atoms with E-state index in [1.165, 1.54) is 23.5 Å². The molecule has 0 spiro atoms. The third kappa shape index (κ3) is 3.91. The van der Waals surface area contributed by atoms with Crippen molar-refractivity contribution in [3.8, 4) is 10.4 Å². The predicted molar refractivity (Wildman–Crippen MR) is 99.7 cm³/mol. The second-order valence-corrected chi connectivity index (χ2v) is 7.42. The van der Waals surface area contributed by atoms with Gasteiger partial charge in [-0.25, -0.2) is 4.39 Å². The van der Waals surface area contributed by atoms with Crippen LogP contribution in [0, 0.1) is 5.82 Å². The Balaban J connectivity index is 1.71. The molecule has 2 nitrogen and oxygen atoms in total. The highest BCUT2D eigenvalue weighted by molar-refractivity contribution is 9.10. The van der Waals surface area contributed by atoms with Crippen molar-refractivity contribution < 1.29 is 9.18 Å². The standard InChI is InChI=1S/C19H15BrFNOS/c1-12(13-2-6-15(20)7-3-13)22-19(23)18-11-10-17(24-18)14-4-8-16(21)9-5-14/h2-12H,1H3,(H,22,23). The molecule has 1 heterocycles. The van der Waals surface area contributed by atoms with Gasteiger partial charge in [0.2, 0.25) is 0 Å². The maximum atomic E-state index is 13.0. The Morgan fingerprint density at radius 2 is 1.71 bits per heavy atom. The molecule has 0 aliphatic carbocycles. The molecule has 24 heavy (non-hydrogen) atoms. The zero-order valence-electron chi connectivity index (χ0n) is 12.9. The van der Waals surface area contributed by atoms with Gasteiger partial charge < -0.3 is 5.32 Å². The van der Waals surface area contributed by atoms with Crippen molar-refractivity contribution >= 4 is 33.2 Å². The van der Waals surface area contributed by atoms with Crippen LogP contribution in [0.15, 0.2) is 65.1 Å². The van der Waals surface area contributed by atoms with E-state index in [1.807, 2.05) is 37.3 Å². The zero-order valence-corrected chi connectivity index (χ0v) is 15.3. The van der Waals surface area contributed by atoms with Crippen molar-refractivity contribution in [2.75, 3.05) is 0 Å². The summed E-state index contributed by atoms with van der Waals surface area (Å²) in [6, 6.07) is 17.7. The summed E-state index contributed by atoms with van der Waals surface area (Å²) in [5.74, 6) is -0.375. The second-order valence-electron chi connectivity index (χ2n) is 5.42. The lowest BCUT2D eigenvalue weighted by molar-refractivity contribution is 0.0944. The van der Waals surface area contributed by atoms with E-state index < -0.39 is 0 Å². The Morgan fingerprint density at radius 3 is 2.38 bits per heavy atom. The van der Waals surface area contributed by atoms with E-state index in [0.29, 0.717) is 4.88 Å². The maximum absolute atomic E-state index is 13.0. The summed E-state index contributed by atoms with van der Waals surface area (Å²) in [6.45, 7) is 1.95. The van der Waals surface area contributed by atoms with Gasteiger partial charge >= 0.3 is 0 Å². The zero-order chi connectivity index (χ0) is 17.1. The van der Waals surface area contributed by atoms with Crippen molar-refractivity contribution in [3.05, 3.63) is 81.4 Å². The number of nitrogens with one attached hydrogen (secondary N) is 1. The molecule has 122 valence electrons. The van der Waals surface area contributed by atoms with E-state index >= 15 is 0 Å². The van der Waals surface area contributed by atoms with Crippen molar-refractivity contribution in [1.29, 1.82) is 0 Å². The van der Waals surface area contributed by atoms with Gasteiger partial charge in [-0.3, -0.25) is 4.79 Å². The van der Waals surface area contributed by atoms with E-state index in [4.69, 9.17) is 0 Å². The van der Waals surface area contributed by atoms with Gasteiger partial charge in [0.05, 0.1) is 10.9 Å². The molecule has 1 amide bonds. The third-order valence-corrected chi connectivity index (χ3v) is 5.34. The summed E-state index contributed by atoms with van der Waals surface area (Å²) < 4.78 is 14.0. The Labute approximate surface area is 152 Å². The highest BCUT2D eigenvalue weighted by Crippen LogP contribution is 2.28. The maximum Gasteiger partial charge on any atom is 0.261 e. The van der Waals surface area contributed by atoms with Crippen LogP contribution in [0.3, 0.4) is 0 Å². The van der Waals surface area contributed by atoms with Gasteiger partial charge in [-0.1, -0.05) is 40.2 Å². The number of carbonyl (C=O) groups excluding carboxylic acids is 1. The molecule has 1 unspecified atom stereocenters. The summed E-state index contributed by atoms with van der Waals surface area (Å²) in [5.41, 5.74) is 1.95. The minimum Gasteiger partial charge on any atom is -0.345 e. The van der Waals surface area contributed by atoms with Crippen LogP contribution in [0.2, 0.25) is 0 Å². The average molecular weight is 404 g/mol. The summed E-state index contributed by atoms with van der Waals surface area (Å²) in [5, 5.41) is 3.00. The molecule has 1 aromatic heterocycles. The van der Waals surface area contributed by atoms with E-state index in [2.05, 4.69) is 21.2 Å². The van der Waals surface area contributed by atoms with Gasteiger partial charge in [-0.2, -0.15) is 0 Å². The highest BCUT2D eigenvalue weighted by Gasteiger charge is 2.14. The molecular weight excluding hydrogens is 389 g/mol. The highest BCUT2D eigenvalue weighted by atomic mass is 79.9. The molecular formula is C19H15BrFNOS. The van der Waals surface area contributed by atoms with Gasteiger partial charge in [0.25, 0.3) is 5.91 Å². The lowest BCUT2D eigenvalue weighted by Crippen LogP contribution is -2.25. The molecule has 5 heteroatoms. The smallest absolute Gasteiger partial charge is 0.261 e. The van der Waals surface area contributed by atoms with Crippen LogP contribution in [0.4, 0.5) is 4.39 Å². The number of rotatable bonds is 4. The lowest BCUT2D eigenvalue weighted by Gasteiger charge is -2.13. The number of amides is 1. The first-order chi connectivity index (χ1) is 11.5. The summed E-state index contributed by atoms with van der Waals surface area (Å²) in [7, 11) is 0. The monoisotopic (exact) mass is 403 g/mol. The topological polar surface area (TPSA) is 29.1 Å². The molecule has 3 aromatic rings. The van der Waals surface area contributed by atoms with E-state index in [0.717, 1.165) is 20.5 Å². The normalized spacial score (nSPS) is 12.0. The molecule has 0 fully saturated rings. The number of hydrogen-bond donors (Lipinski definition) is 1. The molecule has 0 aliphatic rings. The molecule has 2 aromatic carbocycles. The summed E-state index contributed by atoms with van der Waals surface area (Å²) >= 11 is 4.80. The molecule has 0 aliphatic heterocycles. The molecule has 1 N–H and O–H groups in total. The molecule has 0 saturated carbocycles. The fourth-order valence-electron chi connectivity index (χ4n) is 2.33. The number of benzene rings is 2. The first-order valence-electron chi connectivity index (χ1n) is 7.45. The van der Waals surface area contributed by atoms with Crippen LogP contribution in [-0.4, -0.2) is 5.91 Å². The summed E-state index contributed by atoms with van der Waals surface area (Å²) in [6.07, 6.45) is 0. The van der Waals surface area contributed by atoms with E-state index in [1.54, 1.807) is 18.2 Å². The van der Waals surface area contributed by atoms with E-state index in [-0.39, 0.29) is 17.8 Å². The molecule has 0 radical (unpaired) electrons. The minimum atomic E-state index is -0.267. The van der Waals surface area contributed by atoms with Gasteiger partial charge in [0, 0.05) is 9.35 Å². The minimum absolute atomic E-state index is 0.0815. The Bertz CT molecular complexity index is 843. The van der Waals surface area contributed by atoms with Crippen LogP contribution in [0.5, 0.6) is 0 Å². The average Bonchev–Trinajstić information content (AvgIpc) is 3.06. The van der Waals surface area contributed by atoms with Crippen LogP contribution < -0.4 is 5.32 Å². The second kappa shape index (κ2) is 7.28. The number of halogens is 2. The van der Waals surface area contributed by atoms with Gasteiger partial charge in [-0.15, -0.1) is 11.3 Å². The van der Waals surface area contributed by atoms with Crippen molar-refractivity contribution in [1.82, 2.24) is 5.32 Å². The quantitative estimate of drug-likeness (QED) is 0.585. The molecule has 3 rings (SSSR count). The lowest BCUT2D eigenvalue weighted by atomic mass is 10.1. The van der Waals surface area contributed by atoms with Gasteiger partial charge in [-0.05, 0) is 54.4 Å². The Kier molecular flexibility index (Phi) is 5.11. The molecule has 0 saturated heterocycles. The SMILES string of the molecule is CC(NC(=O)c1ccc(-c2ccc(F)cc2)s1)c1ccc(Br)cc1. The van der Waals surface area contributed by atoms with Crippen LogP contribution >= 0.6 is 27.3 Å². The first kappa shape index (κ1) is 16.9. The Hall–Kier alpha value is -1.98. The van der Waals surface area contributed by atoms with Crippen molar-refractivity contribution in [2.24, 2.45) is 0 Å².